The van der Waals surface area contributed by atoms with Gasteiger partial charge >= 0.3 is 0 Å². The highest BCUT2D eigenvalue weighted by Gasteiger charge is 2.53. The molecule has 0 spiro atoms. The van der Waals surface area contributed by atoms with Gasteiger partial charge in [0.2, 0.25) is 0 Å². The van der Waals surface area contributed by atoms with Crippen molar-refractivity contribution in [2.45, 2.75) is 49.0 Å². The average molecular weight is 292 g/mol. The number of hydrogen-bond donors (Lipinski definition) is 0. The van der Waals surface area contributed by atoms with Crippen LogP contribution in [0.15, 0.2) is 35.2 Å². The first-order valence-electron chi connectivity index (χ1n) is 7.55. The lowest BCUT2D eigenvalue weighted by Crippen LogP contribution is -2.52. The van der Waals surface area contributed by atoms with Crippen LogP contribution in [0.4, 0.5) is 0 Å². The summed E-state index contributed by atoms with van der Waals surface area (Å²) in [4.78, 5) is 0.288. The predicted molar refractivity (Wildman–Crippen MR) is 75.6 cm³/mol. The van der Waals surface area contributed by atoms with Crippen molar-refractivity contribution in [3.8, 4) is 0 Å². The molecule has 3 nitrogen and oxygen atoms in total. The Morgan fingerprint density at radius 2 is 1.40 bits per heavy atom. The summed E-state index contributed by atoms with van der Waals surface area (Å²) in [5.41, 5.74) is -0.399. The second kappa shape index (κ2) is 4.31. The summed E-state index contributed by atoms with van der Waals surface area (Å²) in [5, 5.41) is 0. The van der Waals surface area contributed by atoms with E-state index in [9.17, 15) is 8.42 Å². The highest BCUT2D eigenvalue weighted by atomic mass is 32.2. The fraction of sp³-hybridized carbons (Fsp3) is 0.625. The lowest BCUT2D eigenvalue weighted by atomic mass is 9.54. The predicted octanol–water partition coefficient (Wildman–Crippen LogP) is 3.36. The van der Waals surface area contributed by atoms with Crippen molar-refractivity contribution in [1.29, 1.82) is 0 Å². The molecule has 4 bridgehead atoms. The van der Waals surface area contributed by atoms with Gasteiger partial charge in [-0.25, -0.2) is 0 Å². The van der Waals surface area contributed by atoms with Crippen LogP contribution in [0.3, 0.4) is 0 Å². The van der Waals surface area contributed by atoms with Crippen LogP contribution < -0.4 is 0 Å². The van der Waals surface area contributed by atoms with Crippen molar-refractivity contribution < 1.29 is 12.6 Å². The zero-order chi connectivity index (χ0) is 13.8. The van der Waals surface area contributed by atoms with Crippen molar-refractivity contribution >= 4 is 10.1 Å². The molecule has 1 aromatic carbocycles. The summed E-state index contributed by atoms with van der Waals surface area (Å²) < 4.78 is 30.8. The molecule has 0 amide bonds. The van der Waals surface area contributed by atoms with E-state index in [2.05, 4.69) is 0 Å². The molecule has 4 aliphatic rings. The van der Waals surface area contributed by atoms with Crippen LogP contribution in [0, 0.1) is 17.8 Å². The standard InChI is InChI=1S/C16H20O3S/c17-20(18,15-4-2-1-3-5-15)19-16-9-12-6-13(10-16)8-14(7-12)11-16/h1-5,12-14H,6-11H2. The van der Waals surface area contributed by atoms with E-state index in [0.29, 0.717) is 17.8 Å². The van der Waals surface area contributed by atoms with Crippen molar-refractivity contribution in [1.82, 2.24) is 0 Å². The highest BCUT2D eigenvalue weighted by molar-refractivity contribution is 7.86. The SMILES string of the molecule is O=S(=O)(OC12CC3CC(CC(C3)C1)C2)c1ccccc1. The first-order valence-corrected chi connectivity index (χ1v) is 8.96. The van der Waals surface area contributed by atoms with Crippen LogP contribution in [0.5, 0.6) is 0 Å². The third-order valence-electron chi connectivity index (χ3n) is 5.30. The van der Waals surface area contributed by atoms with E-state index in [1.807, 2.05) is 6.07 Å². The Labute approximate surface area is 120 Å². The summed E-state index contributed by atoms with van der Waals surface area (Å²) in [6.07, 6.45) is 6.66. The van der Waals surface area contributed by atoms with Crippen LogP contribution in [-0.4, -0.2) is 14.0 Å². The van der Waals surface area contributed by atoms with Gasteiger partial charge in [0.05, 0.1) is 10.5 Å². The maximum absolute atomic E-state index is 12.5. The Morgan fingerprint density at radius 3 is 1.90 bits per heavy atom. The van der Waals surface area contributed by atoms with Crippen molar-refractivity contribution in [3.63, 3.8) is 0 Å². The van der Waals surface area contributed by atoms with Gasteiger partial charge in [0.1, 0.15) is 0 Å². The second-order valence-electron chi connectivity index (χ2n) is 6.95. The van der Waals surface area contributed by atoms with Crippen LogP contribution in [0.1, 0.15) is 38.5 Å². The molecule has 5 rings (SSSR count). The zero-order valence-electron chi connectivity index (χ0n) is 11.5. The van der Waals surface area contributed by atoms with E-state index < -0.39 is 15.7 Å². The van der Waals surface area contributed by atoms with Gasteiger partial charge in [0, 0.05) is 0 Å². The fourth-order valence-electron chi connectivity index (χ4n) is 5.00. The quantitative estimate of drug-likeness (QED) is 0.802. The highest BCUT2D eigenvalue weighted by Crippen LogP contribution is 2.57. The second-order valence-corrected chi connectivity index (χ2v) is 8.50. The monoisotopic (exact) mass is 292 g/mol. The largest absolute Gasteiger partial charge is 0.297 e. The van der Waals surface area contributed by atoms with E-state index in [-0.39, 0.29) is 4.90 Å². The average Bonchev–Trinajstić information content (AvgIpc) is 2.36. The van der Waals surface area contributed by atoms with Crippen molar-refractivity contribution in [2.24, 2.45) is 17.8 Å². The third kappa shape index (κ3) is 2.09. The Bertz CT molecular complexity index is 571. The molecule has 1 aromatic rings. The lowest BCUT2D eigenvalue weighted by molar-refractivity contribution is -0.104. The van der Waals surface area contributed by atoms with Gasteiger partial charge in [-0.2, -0.15) is 8.42 Å². The zero-order valence-corrected chi connectivity index (χ0v) is 12.3. The summed E-state index contributed by atoms with van der Waals surface area (Å²) in [5.74, 6) is 2.06. The first kappa shape index (κ1) is 12.8. The minimum Gasteiger partial charge on any atom is -0.260 e. The van der Waals surface area contributed by atoms with Crippen LogP contribution in [0.25, 0.3) is 0 Å². The summed E-state index contributed by atoms with van der Waals surface area (Å²) in [6, 6.07) is 8.56. The maximum atomic E-state index is 12.5. The first-order chi connectivity index (χ1) is 9.55. The van der Waals surface area contributed by atoms with Gasteiger partial charge in [-0.05, 0) is 68.4 Å². The van der Waals surface area contributed by atoms with E-state index in [4.69, 9.17) is 4.18 Å². The van der Waals surface area contributed by atoms with Gasteiger partial charge in [-0.15, -0.1) is 0 Å². The molecule has 0 aliphatic heterocycles. The Balaban J connectivity index is 1.63. The molecule has 4 heteroatoms. The molecule has 20 heavy (non-hydrogen) atoms. The molecule has 0 aromatic heterocycles. The minimum absolute atomic E-state index is 0.288. The number of rotatable bonds is 3. The molecule has 0 heterocycles. The molecule has 0 saturated heterocycles. The van der Waals surface area contributed by atoms with E-state index >= 15 is 0 Å². The van der Waals surface area contributed by atoms with Gasteiger partial charge in [0.15, 0.2) is 0 Å². The summed E-state index contributed by atoms with van der Waals surface area (Å²) >= 11 is 0. The van der Waals surface area contributed by atoms with Gasteiger partial charge in [-0.3, -0.25) is 4.18 Å². The van der Waals surface area contributed by atoms with Crippen LogP contribution in [-0.2, 0) is 14.3 Å². The van der Waals surface area contributed by atoms with Crippen LogP contribution in [0.2, 0.25) is 0 Å². The van der Waals surface area contributed by atoms with E-state index in [1.165, 1.54) is 19.3 Å². The molecule has 0 N–H and O–H groups in total. The fourth-order valence-corrected chi connectivity index (χ4v) is 6.26. The molecular formula is C16H20O3S. The molecule has 0 atom stereocenters. The minimum atomic E-state index is -3.62. The molecular weight excluding hydrogens is 272 g/mol. The van der Waals surface area contributed by atoms with Crippen molar-refractivity contribution in [3.05, 3.63) is 30.3 Å². The van der Waals surface area contributed by atoms with Crippen LogP contribution >= 0.6 is 0 Å². The molecule has 4 fully saturated rings. The molecule has 4 saturated carbocycles. The summed E-state index contributed by atoms with van der Waals surface area (Å²) in [6.45, 7) is 0. The van der Waals surface area contributed by atoms with Crippen molar-refractivity contribution in [2.75, 3.05) is 0 Å². The summed E-state index contributed by atoms with van der Waals surface area (Å²) in [7, 11) is -3.62. The molecule has 0 unspecified atom stereocenters. The Morgan fingerprint density at radius 1 is 0.900 bits per heavy atom. The molecule has 0 radical (unpaired) electrons. The Hall–Kier alpha value is -0.870. The van der Waals surface area contributed by atoms with Gasteiger partial charge < -0.3 is 0 Å². The maximum Gasteiger partial charge on any atom is 0.297 e. The lowest BCUT2D eigenvalue weighted by Gasteiger charge is -2.55. The normalized spacial score (nSPS) is 39.1. The smallest absolute Gasteiger partial charge is 0.260 e. The number of benzene rings is 1. The molecule has 108 valence electrons. The number of hydrogen-bond acceptors (Lipinski definition) is 3. The topological polar surface area (TPSA) is 43.4 Å². The molecule has 4 aliphatic carbocycles. The Kier molecular flexibility index (Phi) is 2.77. The third-order valence-corrected chi connectivity index (χ3v) is 6.72. The van der Waals surface area contributed by atoms with Gasteiger partial charge in [0.25, 0.3) is 10.1 Å². The van der Waals surface area contributed by atoms with Gasteiger partial charge in [-0.1, -0.05) is 18.2 Å². The van der Waals surface area contributed by atoms with E-state index in [0.717, 1.165) is 19.3 Å². The van der Waals surface area contributed by atoms with E-state index in [1.54, 1.807) is 24.3 Å².